The minimum absolute atomic E-state index is 0.244. The van der Waals surface area contributed by atoms with Crippen molar-refractivity contribution in [3.63, 3.8) is 0 Å². The standard InChI is InChI=1S/C21H24N2O2/c1-2-25-21(24)17-8-10-18(11-9-17)23-15-19-12-20(23)14-22(19)13-16-6-4-3-5-7-16/h3-11,19-20H,2,12-15H2,1H3/t19-,20-/m1/s1. The first-order valence-electron chi connectivity index (χ1n) is 9.06. The number of anilines is 1. The van der Waals surface area contributed by atoms with Crippen LogP contribution in [-0.2, 0) is 11.3 Å². The van der Waals surface area contributed by atoms with Gasteiger partial charge in [0, 0.05) is 37.4 Å². The first kappa shape index (κ1) is 16.2. The highest BCUT2D eigenvalue weighted by Gasteiger charge is 2.42. The number of hydrogen-bond acceptors (Lipinski definition) is 4. The number of nitrogens with zero attached hydrogens (tertiary/aromatic N) is 2. The number of carbonyl (C=O) groups is 1. The number of piperazine rings is 1. The molecule has 2 aromatic rings. The highest BCUT2D eigenvalue weighted by atomic mass is 16.5. The van der Waals surface area contributed by atoms with Gasteiger partial charge in [-0.2, -0.15) is 0 Å². The summed E-state index contributed by atoms with van der Waals surface area (Å²) < 4.78 is 5.05. The van der Waals surface area contributed by atoms with Crippen LogP contribution < -0.4 is 4.90 Å². The molecule has 2 aliphatic rings. The first-order chi connectivity index (χ1) is 12.2. The Morgan fingerprint density at radius 2 is 1.80 bits per heavy atom. The summed E-state index contributed by atoms with van der Waals surface area (Å²) in [6.45, 7) is 5.45. The summed E-state index contributed by atoms with van der Waals surface area (Å²) in [5.74, 6) is -0.244. The van der Waals surface area contributed by atoms with Crippen LogP contribution in [0.15, 0.2) is 54.6 Å². The molecule has 0 aromatic heterocycles. The molecule has 0 saturated carbocycles. The van der Waals surface area contributed by atoms with E-state index >= 15 is 0 Å². The third-order valence-corrected chi connectivity index (χ3v) is 5.29. The second-order valence-electron chi connectivity index (χ2n) is 6.88. The van der Waals surface area contributed by atoms with Crippen LogP contribution >= 0.6 is 0 Å². The molecule has 0 unspecified atom stereocenters. The van der Waals surface area contributed by atoms with Gasteiger partial charge in [-0.25, -0.2) is 4.79 Å². The summed E-state index contributed by atoms with van der Waals surface area (Å²) >= 11 is 0. The van der Waals surface area contributed by atoms with Gasteiger partial charge in [0.1, 0.15) is 0 Å². The van der Waals surface area contributed by atoms with Crippen molar-refractivity contribution >= 4 is 11.7 Å². The SMILES string of the molecule is CCOC(=O)c1ccc(N2C[C@H]3C[C@@H]2CN3Cc2ccccc2)cc1. The highest BCUT2D eigenvalue weighted by Crippen LogP contribution is 2.35. The second-order valence-corrected chi connectivity index (χ2v) is 6.88. The third-order valence-electron chi connectivity index (χ3n) is 5.29. The lowest BCUT2D eigenvalue weighted by molar-refractivity contribution is 0.0526. The minimum atomic E-state index is -0.244. The summed E-state index contributed by atoms with van der Waals surface area (Å²) in [6, 6.07) is 19.8. The van der Waals surface area contributed by atoms with Gasteiger partial charge in [-0.05, 0) is 43.2 Å². The largest absolute Gasteiger partial charge is 0.462 e. The van der Waals surface area contributed by atoms with Gasteiger partial charge in [0.05, 0.1) is 12.2 Å². The van der Waals surface area contributed by atoms with Crippen molar-refractivity contribution in [3.8, 4) is 0 Å². The van der Waals surface area contributed by atoms with E-state index in [0.717, 1.165) is 19.6 Å². The zero-order valence-corrected chi connectivity index (χ0v) is 14.6. The predicted molar refractivity (Wildman–Crippen MR) is 98.8 cm³/mol. The van der Waals surface area contributed by atoms with Gasteiger partial charge in [-0.1, -0.05) is 30.3 Å². The molecule has 4 rings (SSSR count). The fraction of sp³-hybridized carbons (Fsp3) is 0.381. The molecule has 25 heavy (non-hydrogen) atoms. The Hall–Kier alpha value is -2.33. The summed E-state index contributed by atoms with van der Waals surface area (Å²) in [5, 5.41) is 0. The zero-order valence-electron chi connectivity index (χ0n) is 14.6. The van der Waals surface area contributed by atoms with Gasteiger partial charge < -0.3 is 9.64 Å². The minimum Gasteiger partial charge on any atom is -0.462 e. The summed E-state index contributed by atoms with van der Waals surface area (Å²) in [4.78, 5) is 16.9. The van der Waals surface area contributed by atoms with Crippen LogP contribution in [0.25, 0.3) is 0 Å². The van der Waals surface area contributed by atoms with Crippen LogP contribution in [0.4, 0.5) is 5.69 Å². The molecule has 0 spiro atoms. The van der Waals surface area contributed by atoms with E-state index in [9.17, 15) is 4.79 Å². The van der Waals surface area contributed by atoms with Crippen molar-refractivity contribution < 1.29 is 9.53 Å². The normalized spacial score (nSPS) is 22.4. The zero-order chi connectivity index (χ0) is 17.2. The average molecular weight is 336 g/mol. The Morgan fingerprint density at radius 3 is 2.44 bits per heavy atom. The van der Waals surface area contributed by atoms with Gasteiger partial charge in [0.25, 0.3) is 0 Å². The van der Waals surface area contributed by atoms with Crippen LogP contribution in [0.5, 0.6) is 0 Å². The van der Waals surface area contributed by atoms with Crippen molar-refractivity contribution in [1.82, 2.24) is 4.90 Å². The van der Waals surface area contributed by atoms with Gasteiger partial charge >= 0.3 is 5.97 Å². The number of likely N-dealkylation sites (tertiary alicyclic amines) is 1. The number of carbonyl (C=O) groups excluding carboxylic acids is 1. The molecule has 2 heterocycles. The van der Waals surface area contributed by atoms with Crippen molar-refractivity contribution in [1.29, 1.82) is 0 Å². The van der Waals surface area contributed by atoms with Gasteiger partial charge in [0.2, 0.25) is 0 Å². The molecule has 0 N–H and O–H groups in total. The number of hydrogen-bond donors (Lipinski definition) is 0. The summed E-state index contributed by atoms with van der Waals surface area (Å²) in [6.07, 6.45) is 1.23. The van der Waals surface area contributed by atoms with Gasteiger partial charge in [-0.3, -0.25) is 4.90 Å². The van der Waals surface area contributed by atoms with Crippen molar-refractivity contribution in [2.45, 2.75) is 32.0 Å². The molecule has 0 aliphatic carbocycles. The van der Waals surface area contributed by atoms with Crippen molar-refractivity contribution in [2.24, 2.45) is 0 Å². The Morgan fingerprint density at radius 1 is 1.04 bits per heavy atom. The van der Waals surface area contributed by atoms with Crippen molar-refractivity contribution in [2.75, 3.05) is 24.6 Å². The van der Waals surface area contributed by atoms with Crippen LogP contribution in [0, 0.1) is 0 Å². The molecular formula is C21H24N2O2. The molecular weight excluding hydrogens is 312 g/mol. The molecule has 0 amide bonds. The fourth-order valence-corrected chi connectivity index (χ4v) is 4.08. The Balaban J connectivity index is 1.40. The topological polar surface area (TPSA) is 32.8 Å². The maximum absolute atomic E-state index is 11.8. The molecule has 2 saturated heterocycles. The molecule has 2 atom stereocenters. The van der Waals surface area contributed by atoms with E-state index in [1.165, 1.54) is 17.7 Å². The number of esters is 1. The van der Waals surface area contributed by atoms with Crippen LogP contribution in [0.3, 0.4) is 0 Å². The Labute approximate surface area is 149 Å². The monoisotopic (exact) mass is 336 g/mol. The fourth-order valence-electron chi connectivity index (χ4n) is 4.08. The maximum atomic E-state index is 11.8. The second kappa shape index (κ2) is 6.89. The Kier molecular flexibility index (Phi) is 4.45. The number of rotatable bonds is 5. The van der Waals surface area contributed by atoms with E-state index in [0.29, 0.717) is 24.3 Å². The molecule has 4 heteroatoms. The van der Waals surface area contributed by atoms with Gasteiger partial charge in [0.15, 0.2) is 0 Å². The lowest BCUT2D eigenvalue weighted by Crippen LogP contribution is -2.46. The quantitative estimate of drug-likeness (QED) is 0.784. The van der Waals surface area contributed by atoms with Crippen LogP contribution in [0.2, 0.25) is 0 Å². The lowest BCUT2D eigenvalue weighted by Gasteiger charge is -2.35. The maximum Gasteiger partial charge on any atom is 0.338 e. The predicted octanol–water partition coefficient (Wildman–Crippen LogP) is 3.33. The Bertz CT molecular complexity index is 729. The number of fused-ring (bicyclic) bond motifs is 2. The van der Waals surface area contributed by atoms with Crippen molar-refractivity contribution in [3.05, 3.63) is 65.7 Å². The summed E-state index contributed by atoms with van der Waals surface area (Å²) in [5.41, 5.74) is 3.22. The molecule has 4 nitrogen and oxygen atoms in total. The molecule has 0 radical (unpaired) electrons. The molecule has 2 bridgehead atoms. The van der Waals surface area contributed by atoms with E-state index in [-0.39, 0.29) is 5.97 Å². The smallest absolute Gasteiger partial charge is 0.338 e. The van der Waals surface area contributed by atoms with E-state index < -0.39 is 0 Å². The third kappa shape index (κ3) is 3.27. The lowest BCUT2D eigenvalue weighted by atomic mass is 10.1. The number of benzene rings is 2. The molecule has 130 valence electrons. The highest BCUT2D eigenvalue weighted by molar-refractivity contribution is 5.89. The molecule has 2 aliphatic heterocycles. The first-order valence-corrected chi connectivity index (χ1v) is 9.06. The van der Waals surface area contributed by atoms with Crippen LogP contribution in [0.1, 0.15) is 29.3 Å². The average Bonchev–Trinajstić information content (AvgIpc) is 3.23. The van der Waals surface area contributed by atoms with E-state index in [1.807, 2.05) is 19.1 Å². The van der Waals surface area contributed by atoms with E-state index in [4.69, 9.17) is 4.74 Å². The van der Waals surface area contributed by atoms with E-state index in [1.54, 1.807) is 0 Å². The van der Waals surface area contributed by atoms with E-state index in [2.05, 4.69) is 52.3 Å². The molecule has 2 aromatic carbocycles. The van der Waals surface area contributed by atoms with Crippen LogP contribution in [-0.4, -0.2) is 42.6 Å². The molecule has 2 fully saturated rings. The number of ether oxygens (including phenoxy) is 1. The van der Waals surface area contributed by atoms with Gasteiger partial charge in [-0.15, -0.1) is 0 Å². The summed E-state index contributed by atoms with van der Waals surface area (Å²) in [7, 11) is 0.